The van der Waals surface area contributed by atoms with Crippen LogP contribution in [0.4, 0.5) is 5.69 Å². The standard InChI is InChI=1S/C29H35I3N2O14/c1-13(47-18(6)39)29(42)34(8-9-43-14(2)35)27-25(31)20(10-44-15(3)36)24(30)23(26(27)32)28(41)33-21(11-45-16(4)37)22(48-19(7)40)12-46-17(5)38/h13,21-22H,8-12H2,1-7H3,(H,33,41). The van der Waals surface area contributed by atoms with Gasteiger partial charge < -0.3 is 38.6 Å². The van der Waals surface area contributed by atoms with E-state index in [1.165, 1.54) is 25.7 Å². The zero-order chi connectivity index (χ0) is 36.9. The maximum absolute atomic E-state index is 14.1. The molecule has 0 aliphatic rings. The molecule has 3 unspecified atom stereocenters. The summed E-state index contributed by atoms with van der Waals surface area (Å²) in [5, 5.41) is 2.67. The molecule has 0 saturated carbocycles. The predicted octanol–water partition coefficient (Wildman–Crippen LogP) is 2.57. The maximum Gasteiger partial charge on any atom is 0.303 e. The van der Waals surface area contributed by atoms with Crippen LogP contribution in [0.3, 0.4) is 0 Å². The Balaban J connectivity index is 3.97. The van der Waals surface area contributed by atoms with Crippen LogP contribution in [0.5, 0.6) is 0 Å². The number of nitrogens with one attached hydrogen (secondary N) is 1. The van der Waals surface area contributed by atoms with E-state index in [0.717, 1.165) is 27.7 Å². The SMILES string of the molecule is CC(=O)OCCN(C(=O)C(C)OC(C)=O)c1c(I)c(COC(C)=O)c(I)c(C(=O)NC(COC(C)=O)C(COC(C)=O)OC(C)=O)c1I. The van der Waals surface area contributed by atoms with Crippen LogP contribution in [0.2, 0.25) is 0 Å². The molecule has 0 spiro atoms. The smallest absolute Gasteiger partial charge is 0.303 e. The lowest BCUT2D eigenvalue weighted by Crippen LogP contribution is -2.51. The number of halogens is 3. The van der Waals surface area contributed by atoms with Crippen molar-refractivity contribution in [3.63, 3.8) is 0 Å². The second-order valence-corrected chi connectivity index (χ2v) is 13.1. The highest BCUT2D eigenvalue weighted by atomic mass is 127. The lowest BCUT2D eigenvalue weighted by atomic mass is 10.1. The number of hydrogen-bond acceptors (Lipinski definition) is 14. The second kappa shape index (κ2) is 20.6. The van der Waals surface area contributed by atoms with Gasteiger partial charge in [-0.05, 0) is 74.7 Å². The number of ether oxygens (including phenoxy) is 6. The average molecular weight is 1020 g/mol. The molecule has 0 aromatic heterocycles. The largest absolute Gasteiger partial charge is 0.464 e. The molecule has 1 aromatic rings. The molecule has 3 atom stereocenters. The molecule has 266 valence electrons. The van der Waals surface area contributed by atoms with Gasteiger partial charge in [0.25, 0.3) is 11.8 Å². The van der Waals surface area contributed by atoms with Gasteiger partial charge in [-0.15, -0.1) is 0 Å². The molecule has 1 N–H and O–H groups in total. The van der Waals surface area contributed by atoms with E-state index in [1.807, 2.05) is 67.8 Å². The first-order chi connectivity index (χ1) is 22.3. The van der Waals surface area contributed by atoms with Crippen molar-refractivity contribution in [2.24, 2.45) is 0 Å². The number of amides is 2. The number of carbonyl (C=O) groups excluding carboxylic acids is 8. The minimum Gasteiger partial charge on any atom is -0.464 e. The van der Waals surface area contributed by atoms with Crippen LogP contribution in [0.15, 0.2) is 0 Å². The molecule has 0 aliphatic carbocycles. The summed E-state index contributed by atoms with van der Waals surface area (Å²) in [4.78, 5) is 99.3. The van der Waals surface area contributed by atoms with Gasteiger partial charge in [0.15, 0.2) is 12.2 Å². The van der Waals surface area contributed by atoms with Crippen molar-refractivity contribution in [1.29, 1.82) is 0 Å². The van der Waals surface area contributed by atoms with Gasteiger partial charge in [0.1, 0.15) is 32.5 Å². The Morgan fingerprint density at radius 2 is 1.19 bits per heavy atom. The third kappa shape index (κ3) is 14.0. The van der Waals surface area contributed by atoms with Crippen LogP contribution < -0.4 is 10.2 Å². The summed E-state index contributed by atoms with van der Waals surface area (Å²) in [7, 11) is 0. The molecule has 0 radical (unpaired) electrons. The molecule has 0 fully saturated rings. The van der Waals surface area contributed by atoms with Crippen LogP contribution >= 0.6 is 67.8 Å². The molecular weight excluding hydrogens is 981 g/mol. The first-order valence-corrected chi connectivity index (χ1v) is 17.2. The Morgan fingerprint density at radius 3 is 1.69 bits per heavy atom. The Hall–Kier alpha value is -2.83. The highest BCUT2D eigenvalue weighted by Crippen LogP contribution is 2.39. The Morgan fingerprint density at radius 1 is 0.667 bits per heavy atom. The Labute approximate surface area is 317 Å². The maximum atomic E-state index is 14.1. The van der Waals surface area contributed by atoms with Gasteiger partial charge in [-0.2, -0.15) is 0 Å². The van der Waals surface area contributed by atoms with Crippen molar-refractivity contribution in [1.82, 2.24) is 5.32 Å². The number of nitrogens with zero attached hydrogens (tertiary/aromatic N) is 1. The third-order valence-electron chi connectivity index (χ3n) is 5.88. The normalized spacial score (nSPS) is 12.4. The van der Waals surface area contributed by atoms with Crippen molar-refractivity contribution in [2.75, 3.05) is 31.3 Å². The van der Waals surface area contributed by atoms with Gasteiger partial charge in [0.05, 0.1) is 21.4 Å². The number of hydrogen-bond donors (Lipinski definition) is 1. The summed E-state index contributed by atoms with van der Waals surface area (Å²) in [5.41, 5.74) is 0.444. The fraction of sp³-hybridized carbons (Fsp3) is 0.517. The third-order valence-corrected chi connectivity index (χ3v) is 9.28. The molecule has 0 heterocycles. The lowest BCUT2D eigenvalue weighted by molar-refractivity contribution is -0.160. The summed E-state index contributed by atoms with van der Waals surface area (Å²) >= 11 is 5.64. The highest BCUT2D eigenvalue weighted by molar-refractivity contribution is 14.1. The number of benzene rings is 1. The number of carbonyl (C=O) groups is 8. The summed E-state index contributed by atoms with van der Waals surface area (Å²) in [6.45, 7) is 6.41. The minimum atomic E-state index is -1.29. The van der Waals surface area contributed by atoms with E-state index in [0.29, 0.717) is 12.7 Å². The average Bonchev–Trinajstić information content (AvgIpc) is 2.95. The molecule has 0 aliphatic heterocycles. The van der Waals surface area contributed by atoms with Crippen molar-refractivity contribution in [3.05, 3.63) is 21.8 Å². The van der Waals surface area contributed by atoms with Crippen LogP contribution in [-0.4, -0.2) is 92.2 Å². The van der Waals surface area contributed by atoms with E-state index in [1.54, 1.807) is 0 Å². The van der Waals surface area contributed by atoms with Crippen molar-refractivity contribution in [3.8, 4) is 0 Å². The van der Waals surface area contributed by atoms with E-state index in [4.69, 9.17) is 28.4 Å². The quantitative estimate of drug-likeness (QED) is 0.144. The topological polar surface area (TPSA) is 207 Å². The Bertz CT molecular complexity index is 1430. The fourth-order valence-electron chi connectivity index (χ4n) is 3.90. The molecule has 0 bridgehead atoms. The van der Waals surface area contributed by atoms with Crippen molar-refractivity contribution >= 4 is 121 Å². The zero-order valence-corrected chi connectivity index (χ0v) is 33.5. The monoisotopic (exact) mass is 1020 g/mol. The Kier molecular flexibility index (Phi) is 18.6. The van der Waals surface area contributed by atoms with Crippen LogP contribution in [0.1, 0.15) is 64.4 Å². The van der Waals surface area contributed by atoms with Gasteiger partial charge in [-0.3, -0.25) is 38.4 Å². The van der Waals surface area contributed by atoms with E-state index in [-0.39, 0.29) is 34.6 Å². The van der Waals surface area contributed by atoms with E-state index in [2.05, 4.69) is 5.32 Å². The first kappa shape index (κ1) is 43.2. The van der Waals surface area contributed by atoms with Gasteiger partial charge in [-0.1, -0.05) is 0 Å². The van der Waals surface area contributed by atoms with Gasteiger partial charge in [0.2, 0.25) is 0 Å². The van der Waals surface area contributed by atoms with Gasteiger partial charge in [-0.25, -0.2) is 0 Å². The predicted molar refractivity (Wildman–Crippen MR) is 190 cm³/mol. The number of esters is 6. The number of anilines is 1. The summed E-state index contributed by atoms with van der Waals surface area (Å²) in [5.74, 6) is -5.69. The van der Waals surface area contributed by atoms with Crippen LogP contribution in [0.25, 0.3) is 0 Å². The number of rotatable bonds is 16. The fourth-order valence-corrected chi connectivity index (χ4v) is 8.45. The molecule has 19 heteroatoms. The molecule has 2 amide bonds. The minimum absolute atomic E-state index is 0.0268. The van der Waals surface area contributed by atoms with Crippen molar-refractivity contribution in [2.45, 2.75) is 73.3 Å². The molecular formula is C29H35I3N2O14. The summed E-state index contributed by atoms with van der Waals surface area (Å²) < 4.78 is 31.8. The van der Waals surface area contributed by atoms with Crippen LogP contribution in [-0.2, 0) is 68.6 Å². The van der Waals surface area contributed by atoms with Crippen LogP contribution in [0, 0.1) is 10.7 Å². The summed E-state index contributed by atoms with van der Waals surface area (Å²) in [6.07, 6.45) is -2.58. The molecule has 48 heavy (non-hydrogen) atoms. The van der Waals surface area contributed by atoms with Crippen molar-refractivity contribution < 1.29 is 66.8 Å². The van der Waals surface area contributed by atoms with E-state index >= 15 is 0 Å². The second-order valence-electron chi connectivity index (χ2n) is 9.84. The first-order valence-electron chi connectivity index (χ1n) is 14.0. The van der Waals surface area contributed by atoms with Gasteiger partial charge >= 0.3 is 35.8 Å². The van der Waals surface area contributed by atoms with E-state index in [9.17, 15) is 38.4 Å². The molecule has 1 rings (SSSR count). The highest BCUT2D eigenvalue weighted by Gasteiger charge is 2.35. The lowest BCUT2D eigenvalue weighted by Gasteiger charge is -2.31. The molecule has 0 saturated heterocycles. The summed E-state index contributed by atoms with van der Waals surface area (Å²) in [6, 6.07) is -1.23. The van der Waals surface area contributed by atoms with E-state index < -0.39 is 79.1 Å². The van der Waals surface area contributed by atoms with Gasteiger partial charge in [0, 0.05) is 54.2 Å². The molecule has 1 aromatic carbocycles. The molecule has 16 nitrogen and oxygen atoms in total. The zero-order valence-electron chi connectivity index (χ0n) is 27.1.